The van der Waals surface area contributed by atoms with Crippen molar-refractivity contribution in [3.8, 4) is 11.5 Å². The van der Waals surface area contributed by atoms with Crippen molar-refractivity contribution in [2.24, 2.45) is 0 Å². The molecule has 2 aromatic rings. The van der Waals surface area contributed by atoms with Gasteiger partial charge >= 0.3 is 0 Å². The van der Waals surface area contributed by atoms with Crippen LogP contribution in [0.3, 0.4) is 0 Å². The highest BCUT2D eigenvalue weighted by molar-refractivity contribution is 8.36. The molecule has 0 bridgehead atoms. The number of thioether (sulfide) groups is 6. The minimum Gasteiger partial charge on any atom is -0.496 e. The average molecular weight is 563 g/mol. The quantitative estimate of drug-likeness (QED) is 0.328. The van der Waals surface area contributed by atoms with Crippen LogP contribution in [0.4, 0.5) is 0 Å². The van der Waals surface area contributed by atoms with E-state index in [9.17, 15) is 0 Å². The maximum absolute atomic E-state index is 5.88. The van der Waals surface area contributed by atoms with Crippen LogP contribution in [-0.2, 0) is 0 Å². The van der Waals surface area contributed by atoms with Crippen molar-refractivity contribution in [3.63, 3.8) is 0 Å². The first-order chi connectivity index (χ1) is 16.5. The zero-order chi connectivity index (χ0) is 24.2. The van der Waals surface area contributed by atoms with Crippen LogP contribution in [0.2, 0.25) is 0 Å². The number of allylic oxidation sites excluding steroid dienone is 4. The highest BCUT2D eigenvalue weighted by Crippen LogP contribution is 2.62. The van der Waals surface area contributed by atoms with E-state index < -0.39 is 0 Å². The summed E-state index contributed by atoms with van der Waals surface area (Å²) in [6.07, 6.45) is 4.30. The molecule has 0 N–H and O–H groups in total. The topological polar surface area (TPSA) is 18.5 Å². The number of methoxy groups -OCH3 is 2. The third-order valence-electron chi connectivity index (χ3n) is 5.22. The van der Waals surface area contributed by atoms with Gasteiger partial charge in [0.25, 0.3) is 0 Å². The van der Waals surface area contributed by atoms with Gasteiger partial charge in [0.15, 0.2) is 0 Å². The molecule has 2 aliphatic rings. The lowest BCUT2D eigenvalue weighted by molar-refractivity contribution is 0.413. The summed E-state index contributed by atoms with van der Waals surface area (Å²) in [4.78, 5) is 2.69. The fraction of sp³-hybridized carbons (Fsp3) is 0.231. The van der Waals surface area contributed by atoms with Gasteiger partial charge in [-0.25, -0.2) is 0 Å². The number of rotatable bonds is 7. The fourth-order valence-corrected chi connectivity index (χ4v) is 11.2. The van der Waals surface area contributed by atoms with E-state index in [1.165, 1.54) is 37.9 Å². The highest BCUT2D eigenvalue weighted by atomic mass is 32.2. The summed E-state index contributed by atoms with van der Waals surface area (Å²) in [6, 6.07) is 16.7. The van der Waals surface area contributed by atoms with Crippen molar-refractivity contribution in [1.82, 2.24) is 0 Å². The lowest BCUT2D eigenvalue weighted by Crippen LogP contribution is -2.00. The van der Waals surface area contributed by atoms with Crippen LogP contribution in [0.5, 0.6) is 11.5 Å². The van der Waals surface area contributed by atoms with Gasteiger partial charge in [-0.2, -0.15) is 0 Å². The Bertz CT molecular complexity index is 1130. The van der Waals surface area contributed by atoms with E-state index in [1.54, 1.807) is 14.2 Å². The third kappa shape index (κ3) is 5.27. The largest absolute Gasteiger partial charge is 0.496 e. The first kappa shape index (κ1) is 26.2. The Morgan fingerprint density at radius 1 is 0.618 bits per heavy atom. The molecule has 0 saturated carbocycles. The molecule has 2 heterocycles. The van der Waals surface area contributed by atoms with Gasteiger partial charge in [0.05, 0.1) is 31.2 Å². The second kappa shape index (κ2) is 11.9. The third-order valence-corrected chi connectivity index (χ3v) is 13.2. The van der Waals surface area contributed by atoms with Crippen molar-refractivity contribution in [1.29, 1.82) is 0 Å². The molecule has 0 spiro atoms. The van der Waals surface area contributed by atoms with Gasteiger partial charge in [0, 0.05) is 32.1 Å². The Morgan fingerprint density at radius 3 is 1.32 bits per heavy atom. The van der Waals surface area contributed by atoms with E-state index in [2.05, 4.69) is 50.6 Å². The molecule has 34 heavy (non-hydrogen) atoms. The fourth-order valence-electron chi connectivity index (χ4n) is 3.69. The predicted molar refractivity (Wildman–Crippen MR) is 163 cm³/mol. The maximum Gasteiger partial charge on any atom is 0.126 e. The zero-order valence-corrected chi connectivity index (χ0v) is 24.8. The molecule has 0 aliphatic carbocycles. The van der Waals surface area contributed by atoms with E-state index in [4.69, 9.17) is 9.47 Å². The first-order valence-corrected chi connectivity index (χ1v) is 16.2. The second-order valence-corrected chi connectivity index (χ2v) is 14.4. The normalized spacial score (nSPS) is 19.1. The van der Waals surface area contributed by atoms with Gasteiger partial charge in [0.2, 0.25) is 0 Å². The molecule has 178 valence electrons. The molecule has 2 aromatic carbocycles. The molecule has 0 saturated heterocycles. The monoisotopic (exact) mass is 562 g/mol. The van der Waals surface area contributed by atoms with Crippen molar-refractivity contribution >= 4 is 81.7 Å². The van der Waals surface area contributed by atoms with Crippen molar-refractivity contribution in [2.45, 2.75) is 13.8 Å². The summed E-state index contributed by atoms with van der Waals surface area (Å²) in [5, 5.41) is 0. The van der Waals surface area contributed by atoms with Gasteiger partial charge in [-0.15, -0.1) is 23.5 Å². The standard InChI is InChI=1S/C26H26O2S6/c1-15-23(29-5)33-25(31-15)21(17-11-7-9-13-19(17)27-3)22(18-12-8-10-14-20(18)28-4)26-32-16(2)24(30-6)34-26/h7-14H,1-6H3/b25-21+,26-22+. The lowest BCUT2D eigenvalue weighted by atomic mass is 9.93. The molecule has 0 fully saturated rings. The molecular formula is C26H26O2S6. The summed E-state index contributed by atoms with van der Waals surface area (Å²) < 4.78 is 17.0. The van der Waals surface area contributed by atoms with Gasteiger partial charge in [-0.1, -0.05) is 83.4 Å². The SMILES string of the molecule is COc1ccccc1C(=C1/SC(C)=C(SC)S1)/C(=C1\SC(C)=C(SC)S1)c1ccccc1OC. The lowest BCUT2D eigenvalue weighted by Gasteiger charge is -2.21. The molecule has 8 heteroatoms. The van der Waals surface area contributed by atoms with E-state index in [1.807, 2.05) is 94.8 Å². The van der Waals surface area contributed by atoms with Crippen molar-refractivity contribution < 1.29 is 9.47 Å². The average Bonchev–Trinajstić information content (AvgIpc) is 3.43. The molecule has 2 nitrogen and oxygen atoms in total. The second-order valence-electron chi connectivity index (χ2n) is 7.23. The summed E-state index contributed by atoms with van der Waals surface area (Å²) in [7, 11) is 3.50. The smallest absolute Gasteiger partial charge is 0.126 e. The summed E-state index contributed by atoms with van der Waals surface area (Å²) in [6.45, 7) is 4.42. The van der Waals surface area contributed by atoms with Crippen LogP contribution in [0.15, 0.2) is 75.3 Å². The Hall–Kier alpha value is -0.900. The molecule has 0 aromatic heterocycles. The van der Waals surface area contributed by atoms with Crippen LogP contribution in [0.1, 0.15) is 25.0 Å². The molecule has 0 radical (unpaired) electrons. The number of hydrogen-bond acceptors (Lipinski definition) is 8. The van der Waals surface area contributed by atoms with Gasteiger partial charge < -0.3 is 9.47 Å². The minimum absolute atomic E-state index is 0.872. The Kier molecular flexibility index (Phi) is 9.15. The highest BCUT2D eigenvalue weighted by Gasteiger charge is 2.31. The molecule has 2 aliphatic heterocycles. The first-order valence-electron chi connectivity index (χ1n) is 10.5. The molecular weight excluding hydrogens is 537 g/mol. The van der Waals surface area contributed by atoms with Gasteiger partial charge in [0.1, 0.15) is 11.5 Å². The Balaban J connectivity index is 2.05. The summed E-state index contributed by atoms with van der Waals surface area (Å²) in [5.74, 6) is 1.74. The molecule has 0 unspecified atom stereocenters. The molecule has 4 rings (SSSR count). The minimum atomic E-state index is 0.872. The van der Waals surface area contributed by atoms with Crippen LogP contribution in [0, 0.1) is 0 Å². The number of benzene rings is 2. The number of para-hydroxylation sites is 2. The van der Waals surface area contributed by atoms with E-state index >= 15 is 0 Å². The summed E-state index contributed by atoms with van der Waals surface area (Å²) in [5.41, 5.74) is 4.59. The number of ether oxygens (including phenoxy) is 2. The van der Waals surface area contributed by atoms with Crippen LogP contribution in [-0.4, -0.2) is 26.7 Å². The van der Waals surface area contributed by atoms with E-state index in [0.29, 0.717) is 0 Å². The number of hydrogen-bond donors (Lipinski definition) is 0. The Morgan fingerprint density at radius 2 is 1.00 bits per heavy atom. The van der Waals surface area contributed by atoms with Crippen LogP contribution >= 0.6 is 70.6 Å². The van der Waals surface area contributed by atoms with Crippen LogP contribution < -0.4 is 9.47 Å². The van der Waals surface area contributed by atoms with Gasteiger partial charge in [-0.05, 0) is 38.5 Å². The zero-order valence-electron chi connectivity index (χ0n) is 19.9. The molecule has 0 atom stereocenters. The molecule has 0 amide bonds. The van der Waals surface area contributed by atoms with E-state index in [-0.39, 0.29) is 0 Å². The van der Waals surface area contributed by atoms with Crippen LogP contribution in [0.25, 0.3) is 11.1 Å². The predicted octanol–water partition coefficient (Wildman–Crippen LogP) is 9.81. The summed E-state index contributed by atoms with van der Waals surface area (Å²) >= 11 is 11.1. The van der Waals surface area contributed by atoms with Gasteiger partial charge in [-0.3, -0.25) is 0 Å². The van der Waals surface area contributed by atoms with Crippen molar-refractivity contribution in [3.05, 3.63) is 86.4 Å². The Labute approximate surface area is 228 Å². The van der Waals surface area contributed by atoms with Crippen molar-refractivity contribution in [2.75, 3.05) is 26.7 Å². The van der Waals surface area contributed by atoms with E-state index in [0.717, 1.165) is 22.6 Å². The maximum atomic E-state index is 5.88.